The van der Waals surface area contributed by atoms with Crippen LogP contribution in [0.5, 0.6) is 0 Å². The van der Waals surface area contributed by atoms with E-state index in [1.165, 1.54) is 0 Å². The molecule has 1 N–H and O–H groups in total. The molecule has 2 saturated heterocycles. The Morgan fingerprint density at radius 2 is 1.84 bits per heavy atom. The number of aryl methyl sites for hydroxylation is 1. The van der Waals surface area contributed by atoms with Gasteiger partial charge in [0.25, 0.3) is 5.91 Å². The number of amides is 2. The lowest BCUT2D eigenvalue weighted by atomic mass is 9.97. The normalized spacial score (nSPS) is 21.4. The van der Waals surface area contributed by atoms with E-state index >= 15 is 0 Å². The predicted octanol–water partition coefficient (Wildman–Crippen LogP) is 2.38. The number of nitrogens with zero attached hydrogens (tertiary/aromatic N) is 2. The van der Waals surface area contributed by atoms with Crippen molar-refractivity contribution in [3.05, 3.63) is 35.4 Å². The second-order valence-corrected chi connectivity index (χ2v) is 8.65. The van der Waals surface area contributed by atoms with Gasteiger partial charge in [-0.1, -0.05) is 18.2 Å². The number of esters is 1. The van der Waals surface area contributed by atoms with E-state index in [4.69, 9.17) is 4.74 Å². The molecule has 7 heteroatoms. The molecule has 2 amide bonds. The Kier molecular flexibility index (Phi) is 8.07. The van der Waals surface area contributed by atoms with Crippen LogP contribution in [0.2, 0.25) is 0 Å². The van der Waals surface area contributed by atoms with E-state index in [0.717, 1.165) is 49.9 Å². The van der Waals surface area contributed by atoms with Gasteiger partial charge in [-0.05, 0) is 58.1 Å². The van der Waals surface area contributed by atoms with Crippen molar-refractivity contribution in [1.82, 2.24) is 15.1 Å². The minimum Gasteiger partial charge on any atom is -0.466 e. The monoisotopic (exact) mass is 429 g/mol. The van der Waals surface area contributed by atoms with Crippen molar-refractivity contribution in [3.8, 4) is 0 Å². The molecular weight excluding hydrogens is 394 g/mol. The number of ether oxygens (including phenoxy) is 1. The number of carbonyl (C=O) groups is 3. The van der Waals surface area contributed by atoms with Crippen molar-refractivity contribution in [2.75, 3.05) is 32.8 Å². The Bertz CT molecular complexity index is 789. The first kappa shape index (κ1) is 23.3. The number of piperidine rings is 2. The SMILES string of the molecule is CCOC(=O)C1CCCN(C(=O)C(C)N2CCC(NC(=O)c3ccccc3C)CC2)C1. The first-order valence-electron chi connectivity index (χ1n) is 11.5. The molecule has 0 spiro atoms. The average molecular weight is 430 g/mol. The van der Waals surface area contributed by atoms with E-state index in [9.17, 15) is 14.4 Å². The summed E-state index contributed by atoms with van der Waals surface area (Å²) in [4.78, 5) is 41.7. The third-order valence-electron chi connectivity index (χ3n) is 6.51. The van der Waals surface area contributed by atoms with E-state index in [0.29, 0.717) is 19.7 Å². The molecule has 7 nitrogen and oxygen atoms in total. The number of benzene rings is 1. The Morgan fingerprint density at radius 3 is 2.52 bits per heavy atom. The van der Waals surface area contributed by atoms with Gasteiger partial charge in [-0.15, -0.1) is 0 Å². The molecule has 1 aromatic carbocycles. The second-order valence-electron chi connectivity index (χ2n) is 8.65. The van der Waals surface area contributed by atoms with Gasteiger partial charge in [0.05, 0.1) is 18.6 Å². The van der Waals surface area contributed by atoms with Crippen LogP contribution in [-0.2, 0) is 14.3 Å². The summed E-state index contributed by atoms with van der Waals surface area (Å²) < 4.78 is 5.15. The summed E-state index contributed by atoms with van der Waals surface area (Å²) in [6.07, 6.45) is 3.25. The highest BCUT2D eigenvalue weighted by molar-refractivity contribution is 5.95. The van der Waals surface area contributed by atoms with E-state index in [2.05, 4.69) is 10.2 Å². The maximum Gasteiger partial charge on any atom is 0.310 e. The Morgan fingerprint density at radius 1 is 1.13 bits per heavy atom. The maximum atomic E-state index is 13.1. The molecule has 31 heavy (non-hydrogen) atoms. The van der Waals surface area contributed by atoms with Crippen LogP contribution in [0.3, 0.4) is 0 Å². The molecule has 0 aromatic heterocycles. The van der Waals surface area contributed by atoms with Crippen molar-refractivity contribution in [2.45, 2.75) is 58.5 Å². The molecule has 0 aliphatic carbocycles. The van der Waals surface area contributed by atoms with E-state index in [1.807, 2.05) is 43.0 Å². The average Bonchev–Trinajstić information content (AvgIpc) is 2.79. The van der Waals surface area contributed by atoms with Gasteiger partial charge in [0.15, 0.2) is 0 Å². The summed E-state index contributed by atoms with van der Waals surface area (Å²) in [5, 5.41) is 3.15. The molecule has 1 aromatic rings. The standard InChI is InChI=1S/C24H35N3O4/c1-4-31-24(30)19-9-7-13-27(16-19)23(29)18(3)26-14-11-20(12-15-26)25-22(28)21-10-6-5-8-17(21)2/h5-6,8,10,18-20H,4,7,9,11-16H2,1-3H3,(H,25,28). The van der Waals surface area contributed by atoms with Crippen LogP contribution < -0.4 is 5.32 Å². The number of likely N-dealkylation sites (tertiary alicyclic amines) is 2. The van der Waals surface area contributed by atoms with Crippen LogP contribution >= 0.6 is 0 Å². The first-order chi connectivity index (χ1) is 14.9. The zero-order chi connectivity index (χ0) is 22.4. The molecule has 170 valence electrons. The van der Waals surface area contributed by atoms with Gasteiger partial charge in [0.1, 0.15) is 0 Å². The Balaban J connectivity index is 1.48. The van der Waals surface area contributed by atoms with Crippen LogP contribution in [0.15, 0.2) is 24.3 Å². The lowest BCUT2D eigenvalue weighted by molar-refractivity contribution is -0.152. The van der Waals surface area contributed by atoms with Gasteiger partial charge < -0.3 is 15.0 Å². The van der Waals surface area contributed by atoms with Crippen LogP contribution in [0.1, 0.15) is 55.5 Å². The number of hydrogen-bond donors (Lipinski definition) is 1. The molecule has 2 aliphatic rings. The van der Waals surface area contributed by atoms with E-state index < -0.39 is 0 Å². The summed E-state index contributed by atoms with van der Waals surface area (Å²) >= 11 is 0. The topological polar surface area (TPSA) is 79.0 Å². The molecule has 2 unspecified atom stereocenters. The lowest BCUT2D eigenvalue weighted by Gasteiger charge is -2.39. The third-order valence-corrected chi connectivity index (χ3v) is 6.51. The molecule has 2 heterocycles. The predicted molar refractivity (Wildman–Crippen MR) is 119 cm³/mol. The van der Waals surface area contributed by atoms with Crippen LogP contribution in [0.4, 0.5) is 0 Å². The maximum absolute atomic E-state index is 13.1. The largest absolute Gasteiger partial charge is 0.466 e. The van der Waals surface area contributed by atoms with Crippen LogP contribution in [0, 0.1) is 12.8 Å². The third kappa shape index (κ3) is 5.85. The van der Waals surface area contributed by atoms with Crippen molar-refractivity contribution >= 4 is 17.8 Å². The Labute approximate surface area is 185 Å². The van der Waals surface area contributed by atoms with Gasteiger partial charge in [-0.25, -0.2) is 0 Å². The first-order valence-corrected chi connectivity index (χ1v) is 11.5. The highest BCUT2D eigenvalue weighted by atomic mass is 16.5. The van der Waals surface area contributed by atoms with Crippen molar-refractivity contribution in [3.63, 3.8) is 0 Å². The highest BCUT2D eigenvalue weighted by Crippen LogP contribution is 2.21. The molecule has 3 rings (SSSR count). The highest BCUT2D eigenvalue weighted by Gasteiger charge is 2.34. The zero-order valence-electron chi connectivity index (χ0n) is 18.9. The molecule has 0 radical (unpaired) electrons. The van der Waals surface area contributed by atoms with Gasteiger partial charge in [-0.2, -0.15) is 0 Å². The minimum atomic E-state index is -0.228. The number of carbonyl (C=O) groups excluding carboxylic acids is 3. The molecular formula is C24H35N3O4. The van der Waals surface area contributed by atoms with Gasteiger partial charge in [-0.3, -0.25) is 19.3 Å². The molecule has 2 atom stereocenters. The van der Waals surface area contributed by atoms with E-state index in [1.54, 1.807) is 6.92 Å². The molecule has 0 bridgehead atoms. The zero-order valence-corrected chi connectivity index (χ0v) is 18.9. The van der Waals surface area contributed by atoms with Crippen LogP contribution in [0.25, 0.3) is 0 Å². The fraction of sp³-hybridized carbons (Fsp3) is 0.625. The van der Waals surface area contributed by atoms with E-state index in [-0.39, 0.29) is 35.8 Å². The molecule has 2 fully saturated rings. The number of nitrogens with one attached hydrogen (secondary N) is 1. The van der Waals surface area contributed by atoms with Crippen LogP contribution in [-0.4, -0.2) is 72.5 Å². The Hall–Kier alpha value is -2.41. The van der Waals surface area contributed by atoms with Crippen molar-refractivity contribution in [1.29, 1.82) is 0 Å². The molecule has 0 saturated carbocycles. The summed E-state index contributed by atoms with van der Waals surface area (Å²) in [5.41, 5.74) is 1.69. The van der Waals surface area contributed by atoms with Gasteiger partial charge in [0, 0.05) is 37.8 Å². The minimum absolute atomic E-state index is 0.0287. The number of hydrogen-bond acceptors (Lipinski definition) is 5. The summed E-state index contributed by atoms with van der Waals surface area (Å²) in [6, 6.07) is 7.49. The summed E-state index contributed by atoms with van der Waals surface area (Å²) in [7, 11) is 0. The summed E-state index contributed by atoms with van der Waals surface area (Å²) in [6.45, 7) is 8.74. The lowest BCUT2D eigenvalue weighted by Crippen LogP contribution is -2.54. The van der Waals surface area contributed by atoms with Crippen molar-refractivity contribution in [2.24, 2.45) is 5.92 Å². The fourth-order valence-electron chi connectivity index (χ4n) is 4.57. The number of rotatable bonds is 6. The smallest absolute Gasteiger partial charge is 0.310 e. The molecule has 2 aliphatic heterocycles. The summed E-state index contributed by atoms with van der Waals surface area (Å²) in [5.74, 6) is -0.361. The van der Waals surface area contributed by atoms with Gasteiger partial charge >= 0.3 is 5.97 Å². The second kappa shape index (κ2) is 10.8. The fourth-order valence-corrected chi connectivity index (χ4v) is 4.57. The van der Waals surface area contributed by atoms with Crippen molar-refractivity contribution < 1.29 is 19.1 Å². The van der Waals surface area contributed by atoms with Gasteiger partial charge in [0.2, 0.25) is 5.91 Å². The quantitative estimate of drug-likeness (QED) is 0.703.